The van der Waals surface area contributed by atoms with E-state index in [2.05, 4.69) is 0 Å². The summed E-state index contributed by atoms with van der Waals surface area (Å²) in [5.74, 6) is 0.444. The lowest BCUT2D eigenvalue weighted by Crippen LogP contribution is -2.28. The fourth-order valence-electron chi connectivity index (χ4n) is 2.49. The minimum Gasteiger partial charge on any atom is -0.493 e. The Morgan fingerprint density at radius 2 is 1.80 bits per heavy atom. The average Bonchev–Trinajstić information content (AvgIpc) is 2.59. The molecule has 25 heavy (non-hydrogen) atoms. The molecule has 0 aromatic heterocycles. The second kappa shape index (κ2) is 7.68. The molecule has 2 N–H and O–H groups in total. The van der Waals surface area contributed by atoms with Gasteiger partial charge in [-0.25, -0.2) is 0 Å². The topological polar surface area (TPSA) is 76.0 Å². The van der Waals surface area contributed by atoms with Gasteiger partial charge >= 0.3 is 0 Å². The first-order valence-electron chi connectivity index (χ1n) is 8.04. The van der Waals surface area contributed by atoms with Gasteiger partial charge in [-0.2, -0.15) is 0 Å². The number of rotatable bonds is 7. The van der Waals surface area contributed by atoms with Gasteiger partial charge < -0.3 is 19.7 Å². The predicted molar refractivity (Wildman–Crippen MR) is 95.3 cm³/mol. The molecule has 134 valence electrons. The summed E-state index contributed by atoms with van der Waals surface area (Å²) in [4.78, 5) is 12.7. The monoisotopic (exact) mass is 344 g/mol. The number of aliphatic hydroxyl groups is 2. The number of ketones is 1. The Bertz CT molecular complexity index is 732. The highest BCUT2D eigenvalue weighted by atomic mass is 16.5. The minimum atomic E-state index is -1.24. The van der Waals surface area contributed by atoms with E-state index in [-0.39, 0.29) is 6.61 Å². The summed E-state index contributed by atoms with van der Waals surface area (Å²) in [5, 5.41) is 20.2. The summed E-state index contributed by atoms with van der Waals surface area (Å²) in [6, 6.07) is 12.0. The summed E-state index contributed by atoms with van der Waals surface area (Å²) in [6.45, 7) is 5.10. The summed E-state index contributed by atoms with van der Waals surface area (Å²) >= 11 is 0. The van der Waals surface area contributed by atoms with Crippen molar-refractivity contribution < 1.29 is 24.5 Å². The molecule has 0 saturated carbocycles. The first-order chi connectivity index (χ1) is 11.7. The fraction of sp³-hybridized carbons (Fsp3) is 0.350. The van der Waals surface area contributed by atoms with Gasteiger partial charge in [0, 0.05) is 11.1 Å². The molecule has 5 heteroatoms. The van der Waals surface area contributed by atoms with Crippen LogP contribution in [0.2, 0.25) is 0 Å². The quantitative estimate of drug-likeness (QED) is 0.755. The number of carbonyl (C=O) groups excluding carboxylic acids is 1. The van der Waals surface area contributed by atoms with Gasteiger partial charge in [-0.1, -0.05) is 30.3 Å². The smallest absolute Gasteiger partial charge is 0.196 e. The molecule has 5 nitrogen and oxygen atoms in total. The molecule has 0 saturated heterocycles. The number of aliphatic hydroxyl groups excluding tert-OH is 1. The van der Waals surface area contributed by atoms with Crippen molar-refractivity contribution in [2.75, 3.05) is 13.7 Å². The molecule has 0 aliphatic heterocycles. The highest BCUT2D eigenvalue weighted by Crippen LogP contribution is 2.35. The molecule has 1 atom stereocenters. The van der Waals surface area contributed by atoms with Gasteiger partial charge in [0.15, 0.2) is 17.3 Å². The van der Waals surface area contributed by atoms with Crippen LogP contribution in [-0.2, 0) is 0 Å². The molecule has 0 fully saturated rings. The summed E-state index contributed by atoms with van der Waals surface area (Å²) in [5.41, 5.74) is 0.490. The number of ether oxygens (including phenoxy) is 2. The number of hydrogen-bond acceptors (Lipinski definition) is 5. The minimum absolute atomic E-state index is 0.0860. The second-order valence-electron chi connectivity index (χ2n) is 6.55. The van der Waals surface area contributed by atoms with E-state index in [4.69, 9.17) is 9.47 Å². The van der Waals surface area contributed by atoms with Crippen molar-refractivity contribution in [2.24, 2.45) is 0 Å². The summed E-state index contributed by atoms with van der Waals surface area (Å²) in [6.07, 6.45) is -1.24. The zero-order chi connectivity index (χ0) is 18.6. The molecule has 2 aromatic carbocycles. The number of methoxy groups -OCH3 is 1. The van der Waals surface area contributed by atoms with Gasteiger partial charge in [-0.05, 0) is 38.5 Å². The van der Waals surface area contributed by atoms with E-state index in [1.165, 1.54) is 7.11 Å². The number of carbonyl (C=O) groups is 1. The van der Waals surface area contributed by atoms with Crippen molar-refractivity contribution in [1.29, 1.82) is 0 Å². The van der Waals surface area contributed by atoms with Crippen LogP contribution in [-0.4, -0.2) is 35.3 Å². The molecule has 2 rings (SSSR count). The summed E-state index contributed by atoms with van der Waals surface area (Å²) < 4.78 is 11.0. The zero-order valence-corrected chi connectivity index (χ0v) is 14.9. The maximum Gasteiger partial charge on any atom is 0.196 e. The van der Waals surface area contributed by atoms with Crippen LogP contribution in [0.1, 0.15) is 41.4 Å². The standard InChI is InChI=1S/C20H24O5/c1-13-15(18(22)17(21)14-8-6-5-7-9-14)10-11-16(19(13)24-4)25-12-20(2,3)23/h5-11,17,21,23H,12H2,1-4H3. The Balaban J connectivity index is 2.31. The lowest BCUT2D eigenvalue weighted by molar-refractivity contribution is 0.0275. The second-order valence-corrected chi connectivity index (χ2v) is 6.55. The normalized spacial score (nSPS) is 12.6. The molecule has 0 spiro atoms. The van der Waals surface area contributed by atoms with Crippen molar-refractivity contribution >= 4 is 5.78 Å². The van der Waals surface area contributed by atoms with E-state index in [1.54, 1.807) is 57.2 Å². The zero-order valence-electron chi connectivity index (χ0n) is 14.9. The Kier molecular flexibility index (Phi) is 5.82. The average molecular weight is 344 g/mol. The molecule has 0 aliphatic carbocycles. The number of Topliss-reactive ketones (excluding diaryl/α,β-unsaturated/α-hetero) is 1. The molecule has 1 unspecified atom stereocenters. The Morgan fingerprint density at radius 1 is 1.16 bits per heavy atom. The van der Waals surface area contributed by atoms with E-state index in [1.807, 2.05) is 6.07 Å². The van der Waals surface area contributed by atoms with Crippen LogP contribution < -0.4 is 9.47 Å². The fourth-order valence-corrected chi connectivity index (χ4v) is 2.49. The predicted octanol–water partition coefficient (Wildman–Crippen LogP) is 3.07. The largest absolute Gasteiger partial charge is 0.493 e. The molecular weight excluding hydrogens is 320 g/mol. The molecule has 0 heterocycles. The van der Waals surface area contributed by atoms with Crippen molar-refractivity contribution in [1.82, 2.24) is 0 Å². The van der Waals surface area contributed by atoms with Crippen molar-refractivity contribution in [3.05, 3.63) is 59.2 Å². The van der Waals surface area contributed by atoms with E-state index >= 15 is 0 Å². The third kappa shape index (κ3) is 4.59. The third-order valence-electron chi connectivity index (χ3n) is 3.78. The molecular formula is C20H24O5. The Hall–Kier alpha value is -2.37. The summed E-state index contributed by atoms with van der Waals surface area (Å²) in [7, 11) is 1.49. The third-order valence-corrected chi connectivity index (χ3v) is 3.78. The lowest BCUT2D eigenvalue weighted by atomic mass is 9.96. The molecule has 0 aliphatic rings. The van der Waals surface area contributed by atoms with Crippen LogP contribution in [0.3, 0.4) is 0 Å². The van der Waals surface area contributed by atoms with E-state index in [0.29, 0.717) is 28.2 Å². The molecule has 2 aromatic rings. The van der Waals surface area contributed by atoms with Crippen LogP contribution in [0, 0.1) is 6.92 Å². The first kappa shape index (κ1) is 19.0. The van der Waals surface area contributed by atoms with Gasteiger partial charge in [0.25, 0.3) is 0 Å². The van der Waals surface area contributed by atoms with Crippen LogP contribution in [0.25, 0.3) is 0 Å². The first-order valence-corrected chi connectivity index (χ1v) is 8.04. The van der Waals surface area contributed by atoms with E-state index in [9.17, 15) is 15.0 Å². The van der Waals surface area contributed by atoms with Crippen LogP contribution in [0.5, 0.6) is 11.5 Å². The van der Waals surface area contributed by atoms with Crippen LogP contribution in [0.4, 0.5) is 0 Å². The van der Waals surface area contributed by atoms with Gasteiger partial charge in [0.2, 0.25) is 0 Å². The van der Waals surface area contributed by atoms with Crippen molar-refractivity contribution in [2.45, 2.75) is 32.5 Å². The van der Waals surface area contributed by atoms with Crippen LogP contribution >= 0.6 is 0 Å². The van der Waals surface area contributed by atoms with Crippen molar-refractivity contribution in [3.8, 4) is 11.5 Å². The van der Waals surface area contributed by atoms with E-state index in [0.717, 1.165) is 0 Å². The molecule has 0 bridgehead atoms. The Labute approximate surface area is 147 Å². The lowest BCUT2D eigenvalue weighted by Gasteiger charge is -2.21. The maximum atomic E-state index is 12.7. The Morgan fingerprint density at radius 3 is 2.36 bits per heavy atom. The maximum absolute atomic E-state index is 12.7. The van der Waals surface area contributed by atoms with Crippen molar-refractivity contribution in [3.63, 3.8) is 0 Å². The van der Waals surface area contributed by atoms with Gasteiger partial charge in [0.05, 0.1) is 12.7 Å². The van der Waals surface area contributed by atoms with Gasteiger partial charge in [-0.3, -0.25) is 4.79 Å². The van der Waals surface area contributed by atoms with Gasteiger partial charge in [0.1, 0.15) is 12.7 Å². The molecule has 0 amide bonds. The van der Waals surface area contributed by atoms with E-state index < -0.39 is 17.5 Å². The number of benzene rings is 2. The number of hydrogen-bond donors (Lipinski definition) is 2. The molecule has 0 radical (unpaired) electrons. The highest BCUT2D eigenvalue weighted by Gasteiger charge is 2.24. The van der Waals surface area contributed by atoms with Crippen LogP contribution in [0.15, 0.2) is 42.5 Å². The van der Waals surface area contributed by atoms with Gasteiger partial charge in [-0.15, -0.1) is 0 Å². The highest BCUT2D eigenvalue weighted by molar-refractivity contribution is 6.01. The SMILES string of the molecule is COc1c(OCC(C)(C)O)ccc(C(=O)C(O)c2ccccc2)c1C.